The molecule has 1 aliphatic rings. The molecule has 2 amide bonds. The number of rotatable bonds is 5. The molecule has 0 unspecified atom stereocenters. The summed E-state index contributed by atoms with van der Waals surface area (Å²) in [5.74, 6) is 0.582. The molecule has 0 aromatic heterocycles. The van der Waals surface area contributed by atoms with E-state index in [1.165, 1.54) is 19.1 Å². The summed E-state index contributed by atoms with van der Waals surface area (Å²) in [6, 6.07) is 12.9. The van der Waals surface area contributed by atoms with Crippen molar-refractivity contribution in [1.82, 2.24) is 10.2 Å². The molecule has 1 N–H and O–H groups in total. The van der Waals surface area contributed by atoms with Crippen LogP contribution in [0.3, 0.4) is 0 Å². The van der Waals surface area contributed by atoms with Crippen LogP contribution in [0.1, 0.15) is 23.4 Å². The van der Waals surface area contributed by atoms with Crippen molar-refractivity contribution in [2.75, 3.05) is 12.9 Å². The zero-order valence-electron chi connectivity index (χ0n) is 15.1. The van der Waals surface area contributed by atoms with Gasteiger partial charge >= 0.3 is 0 Å². The first-order valence-electron chi connectivity index (χ1n) is 8.56. The Morgan fingerprint density at radius 2 is 1.85 bits per heavy atom. The molecule has 1 aliphatic heterocycles. The van der Waals surface area contributed by atoms with Gasteiger partial charge in [0.1, 0.15) is 23.0 Å². The molecular weight excluding hydrogens is 367 g/mol. The van der Waals surface area contributed by atoms with Crippen LogP contribution >= 0.6 is 11.8 Å². The van der Waals surface area contributed by atoms with Crippen molar-refractivity contribution in [1.29, 1.82) is 0 Å². The van der Waals surface area contributed by atoms with E-state index >= 15 is 0 Å². The van der Waals surface area contributed by atoms with E-state index in [1.54, 1.807) is 35.9 Å². The number of benzene rings is 2. The van der Waals surface area contributed by atoms with Gasteiger partial charge in [-0.3, -0.25) is 9.59 Å². The van der Waals surface area contributed by atoms with E-state index in [1.807, 2.05) is 24.3 Å². The van der Waals surface area contributed by atoms with Crippen LogP contribution in [0.2, 0.25) is 0 Å². The van der Waals surface area contributed by atoms with E-state index in [4.69, 9.17) is 4.74 Å². The van der Waals surface area contributed by atoms with Gasteiger partial charge in [0.25, 0.3) is 0 Å². The number of amides is 2. The number of ether oxygens (including phenoxy) is 1. The molecule has 27 heavy (non-hydrogen) atoms. The molecule has 0 radical (unpaired) electrons. The number of hydrogen-bond acceptors (Lipinski definition) is 4. The van der Waals surface area contributed by atoms with Gasteiger partial charge in [0.2, 0.25) is 11.8 Å². The van der Waals surface area contributed by atoms with Gasteiger partial charge in [-0.2, -0.15) is 0 Å². The van der Waals surface area contributed by atoms with Crippen LogP contribution in [0, 0.1) is 5.82 Å². The highest BCUT2D eigenvalue weighted by Crippen LogP contribution is 2.41. The predicted octanol–water partition coefficient (Wildman–Crippen LogP) is 3.11. The van der Waals surface area contributed by atoms with Crippen molar-refractivity contribution in [3.05, 3.63) is 65.5 Å². The van der Waals surface area contributed by atoms with Crippen molar-refractivity contribution >= 4 is 23.6 Å². The van der Waals surface area contributed by atoms with Crippen molar-refractivity contribution in [2.24, 2.45) is 0 Å². The number of methoxy groups -OCH3 is 1. The van der Waals surface area contributed by atoms with Gasteiger partial charge in [-0.25, -0.2) is 4.39 Å². The lowest BCUT2D eigenvalue weighted by Gasteiger charge is -2.28. The molecule has 0 bridgehead atoms. The normalized spacial score (nSPS) is 19.0. The Morgan fingerprint density at radius 1 is 1.19 bits per heavy atom. The summed E-state index contributed by atoms with van der Waals surface area (Å²) in [5, 5.41) is 2.63. The maximum atomic E-state index is 13.0. The second kappa shape index (κ2) is 8.43. The second-order valence-electron chi connectivity index (χ2n) is 6.25. The van der Waals surface area contributed by atoms with Gasteiger partial charge in [0, 0.05) is 19.2 Å². The van der Waals surface area contributed by atoms with Crippen LogP contribution in [-0.2, 0) is 16.1 Å². The standard InChI is InChI=1S/C20H21FN2O3S/c1-13(24)23-18(19(25)22-11-14-3-7-16(21)8-4-14)12-27-20(23)15-5-9-17(26-2)10-6-15/h3-10,18,20H,11-12H2,1-2H3,(H,22,25)/t18-,20-/m1/s1. The third kappa shape index (κ3) is 4.42. The van der Waals surface area contributed by atoms with Gasteiger partial charge in [-0.15, -0.1) is 11.8 Å². The molecule has 0 saturated carbocycles. The number of carbonyl (C=O) groups excluding carboxylic acids is 2. The molecule has 7 heteroatoms. The third-order valence-electron chi connectivity index (χ3n) is 4.45. The maximum Gasteiger partial charge on any atom is 0.243 e. The lowest BCUT2D eigenvalue weighted by Crippen LogP contribution is -2.47. The fourth-order valence-corrected chi connectivity index (χ4v) is 4.51. The Kier molecular flexibility index (Phi) is 6.01. The molecule has 1 saturated heterocycles. The quantitative estimate of drug-likeness (QED) is 0.855. The Bertz CT molecular complexity index is 811. The Labute approximate surface area is 161 Å². The summed E-state index contributed by atoms with van der Waals surface area (Å²) in [5.41, 5.74) is 1.75. The Hall–Kier alpha value is -2.54. The van der Waals surface area contributed by atoms with Gasteiger partial charge in [-0.05, 0) is 35.4 Å². The highest BCUT2D eigenvalue weighted by molar-refractivity contribution is 7.99. The molecule has 2 atom stereocenters. The van der Waals surface area contributed by atoms with E-state index in [-0.39, 0.29) is 23.0 Å². The number of nitrogens with zero attached hydrogens (tertiary/aromatic N) is 1. The van der Waals surface area contributed by atoms with Crippen molar-refractivity contribution in [2.45, 2.75) is 24.9 Å². The summed E-state index contributed by atoms with van der Waals surface area (Å²) in [6.45, 7) is 1.77. The first kappa shape index (κ1) is 19.2. The molecule has 1 fully saturated rings. The van der Waals surface area contributed by atoms with E-state index < -0.39 is 6.04 Å². The fourth-order valence-electron chi connectivity index (χ4n) is 3.03. The molecule has 5 nitrogen and oxygen atoms in total. The summed E-state index contributed by atoms with van der Waals surface area (Å²) in [7, 11) is 1.60. The fraction of sp³-hybridized carbons (Fsp3) is 0.300. The predicted molar refractivity (Wildman–Crippen MR) is 103 cm³/mol. The van der Waals surface area contributed by atoms with Crippen LogP contribution in [-0.4, -0.2) is 35.6 Å². The summed E-state index contributed by atoms with van der Waals surface area (Å²) >= 11 is 1.56. The van der Waals surface area contributed by atoms with E-state index in [2.05, 4.69) is 5.32 Å². The highest BCUT2D eigenvalue weighted by atomic mass is 32.2. The van der Waals surface area contributed by atoms with Crippen molar-refractivity contribution < 1.29 is 18.7 Å². The smallest absolute Gasteiger partial charge is 0.243 e. The summed E-state index contributed by atoms with van der Waals surface area (Å²) < 4.78 is 18.2. The average Bonchev–Trinajstić information content (AvgIpc) is 3.13. The van der Waals surface area contributed by atoms with Gasteiger partial charge < -0.3 is 15.0 Å². The molecular formula is C20H21FN2O3S. The first-order chi connectivity index (χ1) is 13.0. The first-order valence-corrected chi connectivity index (χ1v) is 9.61. The van der Waals surface area contributed by atoms with E-state index in [0.29, 0.717) is 12.3 Å². The SMILES string of the molecule is COc1ccc([C@H]2SC[C@H](C(=O)NCc3ccc(F)cc3)N2C(C)=O)cc1. The van der Waals surface area contributed by atoms with Crippen molar-refractivity contribution in [3.63, 3.8) is 0 Å². The zero-order chi connectivity index (χ0) is 19.4. The monoisotopic (exact) mass is 388 g/mol. The Balaban J connectivity index is 1.69. The zero-order valence-corrected chi connectivity index (χ0v) is 16.0. The molecule has 142 valence electrons. The van der Waals surface area contributed by atoms with E-state index in [0.717, 1.165) is 16.9 Å². The summed E-state index contributed by atoms with van der Waals surface area (Å²) in [6.07, 6.45) is 0. The van der Waals surface area contributed by atoms with Crippen LogP contribution in [0.5, 0.6) is 5.75 Å². The minimum absolute atomic E-state index is 0.150. The Morgan fingerprint density at radius 3 is 2.44 bits per heavy atom. The largest absolute Gasteiger partial charge is 0.497 e. The second-order valence-corrected chi connectivity index (χ2v) is 7.36. The van der Waals surface area contributed by atoms with Gasteiger partial charge in [0.05, 0.1) is 7.11 Å². The number of hydrogen-bond donors (Lipinski definition) is 1. The molecule has 0 spiro atoms. The maximum absolute atomic E-state index is 13.0. The molecule has 2 aromatic rings. The van der Waals surface area contributed by atoms with E-state index in [9.17, 15) is 14.0 Å². The van der Waals surface area contributed by atoms with Gasteiger partial charge in [0.15, 0.2) is 0 Å². The third-order valence-corrected chi connectivity index (χ3v) is 5.77. The van der Waals surface area contributed by atoms with Gasteiger partial charge in [-0.1, -0.05) is 24.3 Å². The minimum Gasteiger partial charge on any atom is -0.497 e. The van der Waals surface area contributed by atoms with Crippen LogP contribution in [0.4, 0.5) is 4.39 Å². The molecule has 1 heterocycles. The number of nitrogens with one attached hydrogen (secondary N) is 1. The topological polar surface area (TPSA) is 58.6 Å². The molecule has 3 rings (SSSR count). The number of halogens is 1. The number of carbonyl (C=O) groups is 2. The molecule has 2 aromatic carbocycles. The highest BCUT2D eigenvalue weighted by Gasteiger charge is 2.40. The van der Waals surface area contributed by atoms with Crippen LogP contribution < -0.4 is 10.1 Å². The average molecular weight is 388 g/mol. The lowest BCUT2D eigenvalue weighted by atomic mass is 10.1. The van der Waals surface area contributed by atoms with Crippen LogP contribution in [0.25, 0.3) is 0 Å². The minimum atomic E-state index is -0.542. The number of thioether (sulfide) groups is 1. The van der Waals surface area contributed by atoms with Crippen LogP contribution in [0.15, 0.2) is 48.5 Å². The lowest BCUT2D eigenvalue weighted by molar-refractivity contribution is -0.138. The van der Waals surface area contributed by atoms with Crippen molar-refractivity contribution in [3.8, 4) is 5.75 Å². The summed E-state index contributed by atoms with van der Waals surface area (Å²) in [4.78, 5) is 26.5. The molecule has 0 aliphatic carbocycles.